The Hall–Kier alpha value is -3.06. The van der Waals surface area contributed by atoms with Crippen LogP contribution in [-0.2, 0) is 27.9 Å². The predicted octanol–water partition coefficient (Wildman–Crippen LogP) is 0.378. The molecule has 2 aliphatic heterocycles. The molecule has 3 aromatic rings. The normalized spacial score (nSPS) is 26.0. The van der Waals surface area contributed by atoms with Crippen LogP contribution < -0.4 is 0 Å². The van der Waals surface area contributed by atoms with Crippen molar-refractivity contribution in [2.75, 3.05) is 26.9 Å². The lowest BCUT2D eigenvalue weighted by Crippen LogP contribution is -2.58. The maximum Gasteiger partial charge on any atom is 0.238 e. The molecule has 240 valence electrons. The van der Waals surface area contributed by atoms with Gasteiger partial charge in [-0.1, -0.05) is 5.21 Å². The van der Waals surface area contributed by atoms with E-state index in [0.29, 0.717) is 5.69 Å². The molecule has 13 nitrogen and oxygen atoms in total. The molecule has 4 N–H and O–H groups in total. The summed E-state index contributed by atoms with van der Waals surface area (Å²) in [7, 11) is 3.35. The summed E-state index contributed by atoms with van der Waals surface area (Å²) in [6.45, 7) is -0.129. The molecule has 0 saturated carbocycles. The lowest BCUT2D eigenvalue weighted by atomic mass is 9.89. The van der Waals surface area contributed by atoms with E-state index in [4.69, 9.17) is 9.47 Å². The first-order chi connectivity index (χ1) is 20.9. The molecule has 0 aliphatic carbocycles. The van der Waals surface area contributed by atoms with Crippen LogP contribution in [0.15, 0.2) is 30.9 Å². The molecule has 1 amide bonds. The lowest BCUT2D eigenvalue weighted by molar-refractivity contribution is -0.179. The smallest absolute Gasteiger partial charge is 0.238 e. The molecule has 1 unspecified atom stereocenters. The maximum absolute atomic E-state index is 13.9. The van der Waals surface area contributed by atoms with Gasteiger partial charge in [0.25, 0.3) is 0 Å². The van der Waals surface area contributed by atoms with Crippen molar-refractivity contribution in [3.8, 4) is 11.3 Å². The molecular formula is C27H33F3N6O7S. The molecule has 2 aromatic heterocycles. The number of thioether (sulfide) groups is 1. The monoisotopic (exact) mass is 642 g/mol. The van der Waals surface area contributed by atoms with Gasteiger partial charge in [-0.2, -0.15) is 0 Å². The molecule has 17 heteroatoms. The van der Waals surface area contributed by atoms with E-state index in [9.17, 15) is 38.4 Å². The molecule has 4 heterocycles. The minimum atomic E-state index is -1.65. The van der Waals surface area contributed by atoms with Gasteiger partial charge in [-0.05, 0) is 12.1 Å². The van der Waals surface area contributed by atoms with E-state index in [1.807, 2.05) is 0 Å². The van der Waals surface area contributed by atoms with Crippen molar-refractivity contribution >= 4 is 17.7 Å². The number of hydrogen-bond acceptors (Lipinski definition) is 11. The minimum absolute atomic E-state index is 0.0841. The summed E-state index contributed by atoms with van der Waals surface area (Å²) in [4.78, 5) is 19.5. The van der Waals surface area contributed by atoms with Gasteiger partial charge < -0.3 is 39.4 Å². The van der Waals surface area contributed by atoms with Crippen LogP contribution >= 0.6 is 11.8 Å². The summed E-state index contributed by atoms with van der Waals surface area (Å²) >= 11 is 0.840. The third-order valence-electron chi connectivity index (χ3n) is 7.82. The van der Waals surface area contributed by atoms with E-state index >= 15 is 0 Å². The Balaban J connectivity index is 1.43. The number of carbonyl (C=O) groups excluding carboxylic acids is 1. The summed E-state index contributed by atoms with van der Waals surface area (Å²) in [5, 5.41) is 50.8. The zero-order valence-corrected chi connectivity index (χ0v) is 24.6. The molecule has 0 bridgehead atoms. The van der Waals surface area contributed by atoms with Gasteiger partial charge in [0.1, 0.15) is 40.7 Å². The fourth-order valence-corrected chi connectivity index (χ4v) is 6.94. The highest BCUT2D eigenvalue weighted by Crippen LogP contribution is 2.42. The van der Waals surface area contributed by atoms with Crippen molar-refractivity contribution in [3.05, 3.63) is 54.0 Å². The van der Waals surface area contributed by atoms with E-state index in [1.54, 1.807) is 31.2 Å². The Morgan fingerprint density at radius 3 is 2.48 bits per heavy atom. The second-order valence-electron chi connectivity index (χ2n) is 11.0. The average Bonchev–Trinajstić information content (AvgIpc) is 3.64. The largest absolute Gasteiger partial charge is 0.394 e. The number of nitrogens with zero attached hydrogens (tertiary/aromatic N) is 6. The number of aryl methyl sites for hydroxylation is 1. The van der Waals surface area contributed by atoms with Crippen molar-refractivity contribution in [1.82, 2.24) is 29.4 Å². The summed E-state index contributed by atoms with van der Waals surface area (Å²) in [5.41, 5.74) is -2.42. The maximum atomic E-state index is 13.9. The zero-order chi connectivity index (χ0) is 31.8. The molecule has 2 fully saturated rings. The molecule has 44 heavy (non-hydrogen) atoms. The van der Waals surface area contributed by atoms with Gasteiger partial charge >= 0.3 is 0 Å². The van der Waals surface area contributed by atoms with Crippen LogP contribution in [0.5, 0.6) is 0 Å². The summed E-state index contributed by atoms with van der Waals surface area (Å²) < 4.78 is 55.2. The highest BCUT2D eigenvalue weighted by atomic mass is 32.2. The van der Waals surface area contributed by atoms with Crippen molar-refractivity contribution in [1.29, 1.82) is 0 Å². The van der Waals surface area contributed by atoms with Gasteiger partial charge in [0, 0.05) is 51.9 Å². The standard InChI is InChI=1S/C27H33F3N6O7S/c1-34-9-15(31-13-34)10-35(2)25(40)24(27(41)3-5-42-6-4-27)44-26-23(39)21(22(38)19(12-37)43-26)36-11-18(32-33-36)14-7-16(28)20(30)17(29)8-14/h7-9,11,13,19,21-24,26,37-39,41H,3-6,10,12H2,1-2H3/t19-,21+,22+,23-,24?,26+/m1/s1. The van der Waals surface area contributed by atoms with Crippen LogP contribution in [0.1, 0.15) is 24.6 Å². The molecule has 1 aromatic carbocycles. The number of benzene rings is 1. The van der Waals surface area contributed by atoms with Gasteiger partial charge in [-0.25, -0.2) is 22.8 Å². The summed E-state index contributed by atoms with van der Waals surface area (Å²) in [6.07, 6.45) is 0.441. The van der Waals surface area contributed by atoms with Gasteiger partial charge in [0.2, 0.25) is 5.91 Å². The SMILES string of the molecule is CN(Cc1cn(C)cn1)C(=O)C(S[C@@H]1O[C@H](CO)[C@H](O)[C@H](n2cc(-c3cc(F)c(F)c(F)c3)nn2)[C@H]1O)C1(O)CCOCC1. The quantitative estimate of drug-likeness (QED) is 0.238. The molecule has 2 saturated heterocycles. The van der Waals surface area contributed by atoms with Crippen molar-refractivity contribution < 1.29 is 47.9 Å². The molecule has 2 aliphatic rings. The predicted molar refractivity (Wildman–Crippen MR) is 148 cm³/mol. The third kappa shape index (κ3) is 6.49. The van der Waals surface area contributed by atoms with Gasteiger partial charge in [-0.3, -0.25) is 4.79 Å². The topological polar surface area (TPSA) is 168 Å². The van der Waals surface area contributed by atoms with E-state index in [1.165, 1.54) is 11.1 Å². The van der Waals surface area contributed by atoms with Crippen LogP contribution in [0, 0.1) is 17.5 Å². The molecular weight excluding hydrogens is 609 g/mol. The van der Waals surface area contributed by atoms with E-state index in [2.05, 4.69) is 15.3 Å². The van der Waals surface area contributed by atoms with Gasteiger partial charge in [-0.15, -0.1) is 16.9 Å². The number of aromatic nitrogens is 5. The van der Waals surface area contributed by atoms with E-state index in [-0.39, 0.29) is 43.9 Å². The first kappa shape index (κ1) is 32.3. The zero-order valence-electron chi connectivity index (χ0n) is 23.8. The van der Waals surface area contributed by atoms with Crippen LogP contribution in [0.2, 0.25) is 0 Å². The Bertz CT molecular complexity index is 1450. The molecule has 6 atom stereocenters. The Morgan fingerprint density at radius 2 is 1.86 bits per heavy atom. The van der Waals surface area contributed by atoms with Crippen LogP contribution in [0.4, 0.5) is 13.2 Å². The second-order valence-corrected chi connectivity index (χ2v) is 12.2. The van der Waals surface area contributed by atoms with E-state index in [0.717, 1.165) is 28.6 Å². The van der Waals surface area contributed by atoms with Gasteiger partial charge in [0.05, 0.1) is 37.0 Å². The number of amides is 1. The summed E-state index contributed by atoms with van der Waals surface area (Å²) in [6, 6.07) is 0.150. The molecule has 5 rings (SSSR count). The van der Waals surface area contributed by atoms with Gasteiger partial charge in [0.15, 0.2) is 17.5 Å². The van der Waals surface area contributed by atoms with E-state index < -0.39 is 70.6 Å². The van der Waals surface area contributed by atoms with Crippen molar-refractivity contribution in [2.24, 2.45) is 7.05 Å². The number of halogens is 3. The number of aliphatic hydroxyl groups excluding tert-OH is 3. The number of hydrogen-bond donors (Lipinski definition) is 4. The summed E-state index contributed by atoms with van der Waals surface area (Å²) in [5.74, 6) is -4.99. The third-order valence-corrected chi connectivity index (χ3v) is 9.39. The van der Waals surface area contributed by atoms with Crippen LogP contribution in [0.25, 0.3) is 11.3 Å². The van der Waals surface area contributed by atoms with Crippen molar-refractivity contribution in [2.45, 2.75) is 60.0 Å². The second kappa shape index (κ2) is 13.1. The first-order valence-electron chi connectivity index (χ1n) is 13.8. The first-order valence-corrected chi connectivity index (χ1v) is 14.7. The molecule has 0 radical (unpaired) electrons. The number of carbonyl (C=O) groups is 1. The lowest BCUT2D eigenvalue weighted by Gasteiger charge is -2.45. The number of imidazole rings is 1. The highest BCUT2D eigenvalue weighted by Gasteiger charge is 2.51. The highest BCUT2D eigenvalue weighted by molar-refractivity contribution is 8.01. The Morgan fingerprint density at radius 1 is 1.18 bits per heavy atom. The number of rotatable bonds is 9. The van der Waals surface area contributed by atoms with Crippen LogP contribution in [0.3, 0.4) is 0 Å². The Labute approximate surface area is 254 Å². The average molecular weight is 643 g/mol. The molecule has 0 spiro atoms. The minimum Gasteiger partial charge on any atom is -0.394 e. The number of ether oxygens (including phenoxy) is 2. The number of aliphatic hydroxyl groups is 4. The Kier molecular flexibility index (Phi) is 9.64. The van der Waals surface area contributed by atoms with Crippen molar-refractivity contribution in [3.63, 3.8) is 0 Å². The van der Waals surface area contributed by atoms with Crippen LogP contribution in [-0.4, -0.2) is 117 Å². The fraction of sp³-hybridized carbons (Fsp3) is 0.556. The fourth-order valence-electron chi connectivity index (χ4n) is 5.36.